The first-order chi connectivity index (χ1) is 17.3. The van der Waals surface area contributed by atoms with Gasteiger partial charge in [0.25, 0.3) is 0 Å². The lowest BCUT2D eigenvalue weighted by atomic mass is 9.99. The largest absolute Gasteiger partial charge is 0.462 e. The van der Waals surface area contributed by atoms with E-state index in [0.29, 0.717) is 28.2 Å². The highest BCUT2D eigenvalue weighted by Gasteiger charge is 2.44. The quantitative estimate of drug-likeness (QED) is 0.195. The van der Waals surface area contributed by atoms with Crippen LogP contribution in [0.15, 0.2) is 55.3 Å². The Morgan fingerprint density at radius 3 is 2.58 bits per heavy atom. The fourth-order valence-electron chi connectivity index (χ4n) is 3.49. The first-order valence-corrected chi connectivity index (χ1v) is 11.3. The number of hydrogen-bond acceptors (Lipinski definition) is 11. The lowest BCUT2D eigenvalue weighted by molar-refractivity contribution is -0.277. The van der Waals surface area contributed by atoms with Gasteiger partial charge in [0.15, 0.2) is 5.65 Å². The molecule has 1 aliphatic heterocycles. The van der Waals surface area contributed by atoms with E-state index < -0.39 is 43.3 Å². The molecule has 1 aliphatic rings. The maximum Gasteiger partial charge on any atom is 0.333 e. The minimum atomic E-state index is -1.53. The highest BCUT2D eigenvalue weighted by Crippen LogP contribution is 2.27. The van der Waals surface area contributed by atoms with Gasteiger partial charge in [0, 0.05) is 5.56 Å². The van der Waals surface area contributed by atoms with Crippen molar-refractivity contribution in [2.75, 3.05) is 18.5 Å². The van der Waals surface area contributed by atoms with Gasteiger partial charge >= 0.3 is 6.03 Å². The summed E-state index contributed by atoms with van der Waals surface area (Å²) >= 11 is 4.07. The molecular formula is C23H25N5O7S. The SMILES string of the molecule is C=CCN(S)C(=O)Nc1ccc2ncc(-c3ccc(O[C@@H]4O[C@H](CO)[C@@H](O)[C@@H](O)[C@@H]4O)cc3)nc2n1. The third-order valence-corrected chi connectivity index (χ3v) is 5.77. The maximum absolute atomic E-state index is 12.1. The number of nitrogens with one attached hydrogen (secondary N) is 1. The Morgan fingerprint density at radius 1 is 1.14 bits per heavy atom. The van der Waals surface area contributed by atoms with Gasteiger partial charge in [-0.3, -0.25) is 14.6 Å². The summed E-state index contributed by atoms with van der Waals surface area (Å²) in [4.78, 5) is 25.4. The standard InChI is InChI=1S/C23H25N5O7S/c1-2-9-28(36)23(33)27-17-8-7-14-21(26-17)25-15(10-24-14)12-3-5-13(6-4-12)34-22-20(32)19(31)18(30)16(11-29)35-22/h2-8,10,16,18-20,22,29-32,36H,1,9,11H2,(H,25,26,27,33)/t16-,18-,19-,20+,22-/m1/s1. The van der Waals surface area contributed by atoms with E-state index in [1.165, 1.54) is 0 Å². The molecule has 3 aromatic rings. The molecule has 13 heteroatoms. The van der Waals surface area contributed by atoms with E-state index in [1.807, 2.05) is 0 Å². The number of ether oxygens (including phenoxy) is 2. The number of pyridine rings is 1. The summed E-state index contributed by atoms with van der Waals surface area (Å²) in [6.07, 6.45) is -3.75. The Morgan fingerprint density at radius 2 is 1.89 bits per heavy atom. The Labute approximate surface area is 211 Å². The molecule has 3 heterocycles. The molecule has 0 saturated carbocycles. The third-order valence-electron chi connectivity index (χ3n) is 5.43. The summed E-state index contributed by atoms with van der Waals surface area (Å²) in [5.41, 5.74) is 2.06. The van der Waals surface area contributed by atoms with Crippen molar-refractivity contribution in [1.82, 2.24) is 19.3 Å². The molecule has 0 spiro atoms. The van der Waals surface area contributed by atoms with Crippen LogP contribution in [0.1, 0.15) is 0 Å². The molecule has 0 radical (unpaired) electrons. The average molecular weight is 516 g/mol. The van der Waals surface area contributed by atoms with Crippen molar-refractivity contribution in [3.63, 3.8) is 0 Å². The number of aliphatic hydroxyl groups is 4. The van der Waals surface area contributed by atoms with E-state index in [2.05, 4.69) is 39.7 Å². The highest BCUT2D eigenvalue weighted by atomic mass is 32.1. The third kappa shape index (κ3) is 5.56. The molecule has 5 atom stereocenters. The number of anilines is 1. The van der Waals surface area contributed by atoms with Crippen molar-refractivity contribution < 1.29 is 34.7 Å². The van der Waals surface area contributed by atoms with Crippen molar-refractivity contribution in [3.05, 3.63) is 55.3 Å². The number of thiol groups is 1. The first-order valence-electron chi connectivity index (χ1n) is 10.9. The molecule has 1 aromatic carbocycles. The average Bonchev–Trinajstić information content (AvgIpc) is 2.89. The van der Waals surface area contributed by atoms with Gasteiger partial charge in [-0.2, -0.15) is 0 Å². The van der Waals surface area contributed by atoms with Crippen LogP contribution in [0.3, 0.4) is 0 Å². The summed E-state index contributed by atoms with van der Waals surface area (Å²) in [7, 11) is 0. The van der Waals surface area contributed by atoms with Crippen LogP contribution in [-0.2, 0) is 4.74 Å². The van der Waals surface area contributed by atoms with Crippen LogP contribution in [0.25, 0.3) is 22.4 Å². The van der Waals surface area contributed by atoms with Gasteiger partial charge in [-0.05, 0) is 36.4 Å². The van der Waals surface area contributed by atoms with Crippen LogP contribution >= 0.6 is 12.8 Å². The fourth-order valence-corrected chi connectivity index (χ4v) is 3.65. The van der Waals surface area contributed by atoms with Crippen molar-refractivity contribution in [3.8, 4) is 17.0 Å². The number of carbonyl (C=O) groups excluding carboxylic acids is 1. The van der Waals surface area contributed by atoms with Crippen LogP contribution in [0.5, 0.6) is 5.75 Å². The summed E-state index contributed by atoms with van der Waals surface area (Å²) in [6, 6.07) is 9.44. The molecule has 0 bridgehead atoms. The second-order valence-corrected chi connectivity index (χ2v) is 8.42. The minimum absolute atomic E-state index is 0.253. The van der Waals surface area contributed by atoms with Gasteiger partial charge in [-0.25, -0.2) is 14.8 Å². The van der Waals surface area contributed by atoms with E-state index >= 15 is 0 Å². The molecule has 2 amide bonds. The molecule has 5 N–H and O–H groups in total. The van der Waals surface area contributed by atoms with Gasteiger partial charge in [0.1, 0.15) is 41.5 Å². The molecule has 2 aromatic heterocycles. The zero-order chi connectivity index (χ0) is 25.8. The van der Waals surface area contributed by atoms with Crippen molar-refractivity contribution in [1.29, 1.82) is 0 Å². The van der Waals surface area contributed by atoms with E-state index in [9.17, 15) is 25.2 Å². The van der Waals surface area contributed by atoms with Crippen LogP contribution in [-0.4, -0.2) is 89.6 Å². The lowest BCUT2D eigenvalue weighted by Crippen LogP contribution is -2.60. The lowest BCUT2D eigenvalue weighted by Gasteiger charge is -2.39. The number of carbonyl (C=O) groups is 1. The number of aliphatic hydroxyl groups excluding tert-OH is 4. The topological polar surface area (TPSA) is 170 Å². The molecule has 0 aliphatic carbocycles. The van der Waals surface area contributed by atoms with Gasteiger partial charge in [-0.1, -0.05) is 18.9 Å². The van der Waals surface area contributed by atoms with Crippen molar-refractivity contribution >= 4 is 35.8 Å². The zero-order valence-electron chi connectivity index (χ0n) is 18.9. The van der Waals surface area contributed by atoms with Gasteiger partial charge in [0.2, 0.25) is 6.29 Å². The zero-order valence-corrected chi connectivity index (χ0v) is 19.8. The predicted octanol–water partition coefficient (Wildman–Crippen LogP) is 0.735. The number of aromatic nitrogens is 3. The number of fused-ring (bicyclic) bond motifs is 1. The number of amides is 2. The Balaban J connectivity index is 1.49. The van der Waals surface area contributed by atoms with Crippen LogP contribution in [0.2, 0.25) is 0 Å². The van der Waals surface area contributed by atoms with Crippen LogP contribution < -0.4 is 10.1 Å². The Hall–Kier alpha value is -3.33. The predicted molar refractivity (Wildman–Crippen MR) is 132 cm³/mol. The Kier molecular flexibility index (Phi) is 7.98. The first kappa shape index (κ1) is 25.8. The van der Waals surface area contributed by atoms with Crippen LogP contribution in [0.4, 0.5) is 10.6 Å². The molecule has 12 nitrogen and oxygen atoms in total. The Bertz CT molecular complexity index is 1230. The summed E-state index contributed by atoms with van der Waals surface area (Å²) < 4.78 is 12.1. The highest BCUT2D eigenvalue weighted by molar-refractivity contribution is 7.78. The molecule has 4 rings (SSSR count). The summed E-state index contributed by atoms with van der Waals surface area (Å²) in [5.74, 6) is 0.598. The summed E-state index contributed by atoms with van der Waals surface area (Å²) in [6.45, 7) is 3.26. The number of hydrogen-bond donors (Lipinski definition) is 6. The molecule has 190 valence electrons. The number of benzene rings is 1. The van der Waals surface area contributed by atoms with Gasteiger partial charge in [-0.15, -0.1) is 6.58 Å². The smallest absolute Gasteiger partial charge is 0.333 e. The van der Waals surface area contributed by atoms with Gasteiger partial charge < -0.3 is 29.9 Å². The minimum Gasteiger partial charge on any atom is -0.462 e. The second kappa shape index (κ2) is 11.2. The van der Waals surface area contributed by atoms with E-state index in [-0.39, 0.29) is 12.4 Å². The molecule has 1 saturated heterocycles. The van der Waals surface area contributed by atoms with E-state index in [4.69, 9.17) is 9.47 Å². The van der Waals surface area contributed by atoms with Crippen LogP contribution in [0, 0.1) is 0 Å². The number of urea groups is 1. The monoisotopic (exact) mass is 515 g/mol. The van der Waals surface area contributed by atoms with Crippen molar-refractivity contribution in [2.24, 2.45) is 0 Å². The number of nitrogens with zero attached hydrogens (tertiary/aromatic N) is 4. The summed E-state index contributed by atoms with van der Waals surface area (Å²) in [5, 5.41) is 41.9. The van der Waals surface area contributed by atoms with E-state index in [0.717, 1.165) is 4.31 Å². The molecule has 36 heavy (non-hydrogen) atoms. The molecular weight excluding hydrogens is 490 g/mol. The normalized spacial score (nSPS) is 23.8. The second-order valence-electron chi connectivity index (χ2n) is 7.93. The van der Waals surface area contributed by atoms with E-state index in [1.54, 1.807) is 48.7 Å². The van der Waals surface area contributed by atoms with Crippen molar-refractivity contribution in [2.45, 2.75) is 30.7 Å². The molecule has 0 unspecified atom stereocenters. The maximum atomic E-state index is 12.1. The molecule has 1 fully saturated rings. The fraction of sp³-hybridized carbons (Fsp3) is 0.304. The van der Waals surface area contributed by atoms with Gasteiger partial charge in [0.05, 0.1) is 25.0 Å². The number of rotatable bonds is 7.